The van der Waals surface area contributed by atoms with Crippen LogP contribution in [0.25, 0.3) is 16.8 Å². The van der Waals surface area contributed by atoms with E-state index in [1.807, 2.05) is 24.5 Å². The Morgan fingerprint density at radius 2 is 2.05 bits per heavy atom. The van der Waals surface area contributed by atoms with E-state index in [4.69, 9.17) is 5.73 Å². The monoisotopic (exact) mass is 255 g/mol. The molecule has 0 spiro atoms. The zero-order valence-electron chi connectivity index (χ0n) is 11.6. The fourth-order valence-electron chi connectivity index (χ4n) is 2.31. The molecule has 1 aromatic heterocycles. The van der Waals surface area contributed by atoms with E-state index in [0.29, 0.717) is 6.54 Å². The van der Waals surface area contributed by atoms with Crippen molar-refractivity contribution >= 4 is 5.57 Å². The Balaban J connectivity index is 2.53. The predicted octanol–water partition coefficient (Wildman–Crippen LogP) is 3.32. The van der Waals surface area contributed by atoms with Crippen LogP contribution in [0.1, 0.15) is 26.0 Å². The molecule has 0 bridgehead atoms. The summed E-state index contributed by atoms with van der Waals surface area (Å²) in [5.74, 6) is 0. The summed E-state index contributed by atoms with van der Waals surface area (Å²) >= 11 is 0. The first-order valence-corrected chi connectivity index (χ1v) is 6.75. The molecular weight excluding hydrogens is 234 g/mol. The molecule has 0 aliphatic heterocycles. The van der Waals surface area contributed by atoms with Crippen LogP contribution in [0.5, 0.6) is 0 Å². The Bertz CT molecular complexity index is 553. The van der Waals surface area contributed by atoms with Crippen molar-refractivity contribution in [1.29, 1.82) is 0 Å². The second-order valence-electron chi connectivity index (χ2n) is 4.59. The van der Waals surface area contributed by atoms with Crippen LogP contribution in [-0.2, 0) is 6.54 Å². The van der Waals surface area contributed by atoms with Crippen molar-refractivity contribution in [2.75, 3.05) is 6.54 Å². The standard InChI is InChI=1S/C16H21N3/c1-3-7-13(2)16-15(14-8-5-4-6-9-14)18-12-19(16)11-10-17/h4-9,12H,3,10-11,17H2,1-2H3/b13-7+. The number of allylic oxidation sites excluding steroid dienone is 2. The number of nitrogens with two attached hydrogens (primary N) is 1. The highest BCUT2D eigenvalue weighted by molar-refractivity contribution is 5.76. The predicted molar refractivity (Wildman–Crippen MR) is 80.7 cm³/mol. The zero-order chi connectivity index (χ0) is 13.7. The van der Waals surface area contributed by atoms with Gasteiger partial charge in [-0.1, -0.05) is 43.3 Å². The smallest absolute Gasteiger partial charge is 0.0959 e. The van der Waals surface area contributed by atoms with Gasteiger partial charge in [0.2, 0.25) is 0 Å². The maximum Gasteiger partial charge on any atom is 0.0959 e. The molecule has 0 amide bonds. The molecule has 100 valence electrons. The maximum absolute atomic E-state index is 5.68. The third kappa shape index (κ3) is 2.93. The van der Waals surface area contributed by atoms with E-state index in [1.165, 1.54) is 11.3 Å². The first-order chi connectivity index (χ1) is 9.27. The van der Waals surface area contributed by atoms with E-state index in [2.05, 4.69) is 41.6 Å². The number of hydrogen-bond donors (Lipinski definition) is 1. The van der Waals surface area contributed by atoms with E-state index < -0.39 is 0 Å². The van der Waals surface area contributed by atoms with Gasteiger partial charge in [-0.2, -0.15) is 0 Å². The summed E-state index contributed by atoms with van der Waals surface area (Å²) in [6.07, 6.45) is 5.14. The summed E-state index contributed by atoms with van der Waals surface area (Å²) in [7, 11) is 0. The molecule has 0 saturated carbocycles. The van der Waals surface area contributed by atoms with Gasteiger partial charge in [0.1, 0.15) is 0 Å². The van der Waals surface area contributed by atoms with E-state index in [1.54, 1.807) is 0 Å². The Hall–Kier alpha value is -1.87. The number of benzene rings is 1. The summed E-state index contributed by atoms with van der Waals surface area (Å²) in [5, 5.41) is 0. The lowest BCUT2D eigenvalue weighted by Gasteiger charge is -2.10. The Morgan fingerprint density at radius 3 is 2.68 bits per heavy atom. The van der Waals surface area contributed by atoms with Gasteiger partial charge in [0, 0.05) is 18.7 Å². The number of hydrogen-bond acceptors (Lipinski definition) is 2. The van der Waals surface area contributed by atoms with Crippen LogP contribution >= 0.6 is 0 Å². The van der Waals surface area contributed by atoms with Crippen LogP contribution in [0.15, 0.2) is 42.7 Å². The van der Waals surface area contributed by atoms with Crippen LogP contribution < -0.4 is 5.73 Å². The number of aromatic nitrogens is 2. The summed E-state index contributed by atoms with van der Waals surface area (Å²) in [6, 6.07) is 10.3. The van der Waals surface area contributed by atoms with Crippen molar-refractivity contribution in [3.63, 3.8) is 0 Å². The summed E-state index contributed by atoms with van der Waals surface area (Å²) in [4.78, 5) is 4.57. The number of rotatable bonds is 5. The van der Waals surface area contributed by atoms with E-state index >= 15 is 0 Å². The van der Waals surface area contributed by atoms with Crippen molar-refractivity contribution < 1.29 is 0 Å². The quantitative estimate of drug-likeness (QED) is 0.890. The SMILES string of the molecule is CC/C=C(\C)c1c(-c2ccccc2)ncn1CCN. The third-order valence-corrected chi connectivity index (χ3v) is 3.14. The normalized spacial score (nSPS) is 11.8. The highest BCUT2D eigenvalue weighted by atomic mass is 15.1. The molecule has 0 unspecified atom stereocenters. The molecule has 0 fully saturated rings. The molecule has 3 nitrogen and oxygen atoms in total. The average Bonchev–Trinajstić information content (AvgIpc) is 2.84. The molecular formula is C16H21N3. The van der Waals surface area contributed by atoms with Gasteiger partial charge < -0.3 is 10.3 Å². The lowest BCUT2D eigenvalue weighted by molar-refractivity contribution is 0.700. The third-order valence-electron chi connectivity index (χ3n) is 3.14. The average molecular weight is 255 g/mol. The van der Waals surface area contributed by atoms with Crippen LogP contribution in [-0.4, -0.2) is 16.1 Å². The van der Waals surface area contributed by atoms with Gasteiger partial charge in [-0.15, -0.1) is 0 Å². The van der Waals surface area contributed by atoms with E-state index in [9.17, 15) is 0 Å². The second kappa shape index (κ2) is 6.34. The minimum absolute atomic E-state index is 0.622. The Kier molecular flexibility index (Phi) is 4.53. The van der Waals surface area contributed by atoms with Crippen LogP contribution in [0.3, 0.4) is 0 Å². The van der Waals surface area contributed by atoms with Crippen molar-refractivity contribution in [2.45, 2.75) is 26.8 Å². The van der Waals surface area contributed by atoms with Gasteiger partial charge in [-0.25, -0.2) is 4.98 Å². The van der Waals surface area contributed by atoms with Gasteiger partial charge in [-0.05, 0) is 18.9 Å². The van der Waals surface area contributed by atoms with Gasteiger partial charge >= 0.3 is 0 Å². The minimum atomic E-state index is 0.622. The van der Waals surface area contributed by atoms with Crippen LogP contribution in [0.4, 0.5) is 0 Å². The molecule has 1 aromatic carbocycles. The van der Waals surface area contributed by atoms with Crippen molar-refractivity contribution in [2.24, 2.45) is 5.73 Å². The van der Waals surface area contributed by atoms with Crippen molar-refractivity contribution in [3.8, 4) is 11.3 Å². The van der Waals surface area contributed by atoms with Crippen LogP contribution in [0, 0.1) is 0 Å². The first kappa shape index (κ1) is 13.6. The van der Waals surface area contributed by atoms with Gasteiger partial charge in [0.15, 0.2) is 0 Å². The molecule has 0 aliphatic carbocycles. The molecule has 0 aliphatic rings. The van der Waals surface area contributed by atoms with Gasteiger partial charge in [0.05, 0.1) is 17.7 Å². The molecule has 0 radical (unpaired) electrons. The highest BCUT2D eigenvalue weighted by Crippen LogP contribution is 2.27. The van der Waals surface area contributed by atoms with E-state index in [0.717, 1.165) is 24.2 Å². The lowest BCUT2D eigenvalue weighted by Crippen LogP contribution is -2.11. The highest BCUT2D eigenvalue weighted by Gasteiger charge is 2.13. The maximum atomic E-state index is 5.68. The zero-order valence-corrected chi connectivity index (χ0v) is 11.6. The first-order valence-electron chi connectivity index (χ1n) is 6.75. The van der Waals surface area contributed by atoms with Crippen molar-refractivity contribution in [3.05, 3.63) is 48.4 Å². The molecule has 1 heterocycles. The van der Waals surface area contributed by atoms with Gasteiger partial charge in [-0.3, -0.25) is 0 Å². The number of imidazole rings is 1. The van der Waals surface area contributed by atoms with Crippen LogP contribution in [0.2, 0.25) is 0 Å². The lowest BCUT2D eigenvalue weighted by atomic mass is 10.1. The Labute approximate surface area is 114 Å². The fraction of sp³-hybridized carbons (Fsp3) is 0.312. The number of nitrogens with zero attached hydrogens (tertiary/aromatic N) is 2. The second-order valence-corrected chi connectivity index (χ2v) is 4.59. The topological polar surface area (TPSA) is 43.8 Å². The molecule has 2 aromatic rings. The largest absolute Gasteiger partial charge is 0.329 e. The van der Waals surface area contributed by atoms with E-state index in [-0.39, 0.29) is 0 Å². The Morgan fingerprint density at radius 1 is 1.32 bits per heavy atom. The van der Waals surface area contributed by atoms with Gasteiger partial charge in [0.25, 0.3) is 0 Å². The summed E-state index contributed by atoms with van der Waals surface area (Å²) in [5.41, 5.74) is 10.3. The molecule has 2 N–H and O–H groups in total. The molecule has 0 atom stereocenters. The minimum Gasteiger partial charge on any atom is -0.329 e. The molecule has 19 heavy (non-hydrogen) atoms. The summed E-state index contributed by atoms with van der Waals surface area (Å²) in [6.45, 7) is 5.70. The molecule has 2 rings (SSSR count). The molecule has 3 heteroatoms. The molecule has 0 saturated heterocycles. The fourth-order valence-corrected chi connectivity index (χ4v) is 2.31. The summed E-state index contributed by atoms with van der Waals surface area (Å²) < 4.78 is 2.14. The van der Waals surface area contributed by atoms with Crippen molar-refractivity contribution in [1.82, 2.24) is 9.55 Å².